The largest absolute Gasteiger partial charge is 0.484 e. The minimum Gasteiger partial charge on any atom is -0.484 e. The van der Waals surface area contributed by atoms with Gasteiger partial charge in [0.05, 0.1) is 0 Å². The topological polar surface area (TPSA) is 86.3 Å². The summed E-state index contributed by atoms with van der Waals surface area (Å²) in [5.74, 6) is 1.29. The van der Waals surface area contributed by atoms with Gasteiger partial charge >= 0.3 is 0 Å². The van der Waals surface area contributed by atoms with Crippen LogP contribution >= 0.6 is 0 Å². The molecule has 0 spiro atoms. The van der Waals surface area contributed by atoms with E-state index in [4.69, 9.17) is 9.26 Å². The number of aromatic nitrogens is 4. The Morgan fingerprint density at radius 1 is 1.28 bits per heavy atom. The highest BCUT2D eigenvalue weighted by molar-refractivity contribution is 5.92. The zero-order chi connectivity index (χ0) is 20.4. The second-order valence-electron chi connectivity index (χ2n) is 7.15. The average Bonchev–Trinajstić information content (AvgIpc) is 3.34. The molecule has 0 radical (unpaired) electrons. The summed E-state index contributed by atoms with van der Waals surface area (Å²) >= 11 is 0. The Hall–Kier alpha value is -3.23. The van der Waals surface area contributed by atoms with Gasteiger partial charge < -0.3 is 14.2 Å². The number of hydrogen-bond donors (Lipinski definition) is 0. The molecule has 1 aliphatic heterocycles. The fourth-order valence-electron chi connectivity index (χ4n) is 3.34. The number of hydrogen-bond acceptors (Lipinski definition) is 6. The van der Waals surface area contributed by atoms with Crippen LogP contribution in [0.4, 0.5) is 4.39 Å². The number of halogens is 1. The molecule has 1 saturated heterocycles. The Balaban J connectivity index is 1.31. The molecule has 8 nitrogen and oxygen atoms in total. The SMILES string of the molecule is Cc1cc(C(=O)N2CCC(c3noc(COc4ccc(F)cc4)n3)CC2)nn1C. The van der Waals surface area contributed by atoms with Gasteiger partial charge in [0, 0.05) is 31.7 Å². The van der Waals surface area contributed by atoms with Crippen molar-refractivity contribution >= 4 is 5.91 Å². The molecular weight excluding hydrogens is 377 g/mol. The van der Waals surface area contributed by atoms with E-state index in [0.29, 0.717) is 36.2 Å². The van der Waals surface area contributed by atoms with Crippen LogP contribution in [0.1, 0.15) is 46.7 Å². The van der Waals surface area contributed by atoms with Crippen LogP contribution in [0.5, 0.6) is 5.75 Å². The summed E-state index contributed by atoms with van der Waals surface area (Å²) in [5.41, 5.74) is 1.42. The summed E-state index contributed by atoms with van der Waals surface area (Å²) in [6, 6.07) is 7.55. The normalized spacial score (nSPS) is 14.9. The average molecular weight is 399 g/mol. The van der Waals surface area contributed by atoms with E-state index in [0.717, 1.165) is 18.5 Å². The molecule has 29 heavy (non-hydrogen) atoms. The lowest BCUT2D eigenvalue weighted by Gasteiger charge is -2.30. The number of likely N-dealkylation sites (tertiary alicyclic amines) is 1. The van der Waals surface area contributed by atoms with Crippen molar-refractivity contribution in [1.82, 2.24) is 24.8 Å². The van der Waals surface area contributed by atoms with E-state index in [-0.39, 0.29) is 24.2 Å². The minimum atomic E-state index is -0.319. The molecule has 0 aliphatic carbocycles. The Morgan fingerprint density at radius 2 is 2.00 bits per heavy atom. The first-order valence-electron chi connectivity index (χ1n) is 9.50. The minimum absolute atomic E-state index is 0.0475. The lowest BCUT2D eigenvalue weighted by molar-refractivity contribution is 0.0704. The molecule has 1 aromatic carbocycles. The highest BCUT2D eigenvalue weighted by Crippen LogP contribution is 2.27. The van der Waals surface area contributed by atoms with Gasteiger partial charge in [0.15, 0.2) is 18.1 Å². The number of rotatable bonds is 5. The number of carbonyl (C=O) groups excluding carboxylic acids is 1. The summed E-state index contributed by atoms with van der Waals surface area (Å²) in [4.78, 5) is 18.8. The van der Waals surface area contributed by atoms with E-state index in [1.54, 1.807) is 22.9 Å². The van der Waals surface area contributed by atoms with Gasteiger partial charge in [-0.05, 0) is 50.1 Å². The Labute approximate surface area is 167 Å². The smallest absolute Gasteiger partial charge is 0.274 e. The van der Waals surface area contributed by atoms with Crippen molar-refractivity contribution in [1.29, 1.82) is 0 Å². The Bertz CT molecular complexity index is 970. The summed E-state index contributed by atoms with van der Waals surface area (Å²) in [5, 5.41) is 8.33. The highest BCUT2D eigenvalue weighted by Gasteiger charge is 2.28. The molecule has 3 heterocycles. The first-order valence-corrected chi connectivity index (χ1v) is 9.50. The molecule has 4 rings (SSSR count). The summed E-state index contributed by atoms with van der Waals surface area (Å²) < 4.78 is 25.4. The van der Waals surface area contributed by atoms with Crippen LogP contribution in [0, 0.1) is 12.7 Å². The first-order chi connectivity index (χ1) is 14.0. The van der Waals surface area contributed by atoms with Crippen molar-refractivity contribution in [2.75, 3.05) is 13.1 Å². The molecule has 0 saturated carbocycles. The van der Waals surface area contributed by atoms with Gasteiger partial charge in [-0.25, -0.2) is 4.39 Å². The van der Waals surface area contributed by atoms with Crippen molar-refractivity contribution in [3.05, 3.63) is 59.3 Å². The molecule has 0 N–H and O–H groups in total. The van der Waals surface area contributed by atoms with Crippen LogP contribution in [0.25, 0.3) is 0 Å². The first kappa shape index (κ1) is 19.1. The van der Waals surface area contributed by atoms with Crippen molar-refractivity contribution in [2.45, 2.75) is 32.3 Å². The van der Waals surface area contributed by atoms with Gasteiger partial charge in [-0.1, -0.05) is 5.16 Å². The summed E-state index contributed by atoms with van der Waals surface area (Å²) in [6.07, 6.45) is 1.52. The van der Waals surface area contributed by atoms with Crippen LogP contribution in [0.2, 0.25) is 0 Å². The zero-order valence-corrected chi connectivity index (χ0v) is 16.3. The number of amides is 1. The lowest BCUT2D eigenvalue weighted by atomic mass is 9.96. The van der Waals surface area contributed by atoms with Crippen LogP contribution in [0.3, 0.4) is 0 Å². The summed E-state index contributed by atoms with van der Waals surface area (Å²) in [7, 11) is 1.83. The third-order valence-corrected chi connectivity index (χ3v) is 5.14. The second-order valence-corrected chi connectivity index (χ2v) is 7.15. The second kappa shape index (κ2) is 8.02. The van der Waals surface area contributed by atoms with Crippen molar-refractivity contribution < 1.29 is 18.4 Å². The molecule has 152 valence electrons. The number of piperidine rings is 1. The standard InChI is InChI=1S/C20H22FN5O3/c1-13-11-17(23-25(13)2)20(27)26-9-7-14(8-10-26)19-22-18(29-24-19)12-28-16-5-3-15(21)4-6-16/h3-6,11,14H,7-10,12H2,1-2H3. The quantitative estimate of drug-likeness (QED) is 0.656. The predicted octanol–water partition coefficient (Wildman–Crippen LogP) is 2.85. The lowest BCUT2D eigenvalue weighted by Crippen LogP contribution is -2.38. The maximum Gasteiger partial charge on any atom is 0.274 e. The Morgan fingerprint density at radius 3 is 2.66 bits per heavy atom. The molecule has 1 fully saturated rings. The molecule has 0 bridgehead atoms. The monoisotopic (exact) mass is 399 g/mol. The van der Waals surface area contributed by atoms with E-state index >= 15 is 0 Å². The third-order valence-electron chi connectivity index (χ3n) is 5.14. The van der Waals surface area contributed by atoms with Crippen LogP contribution in [-0.2, 0) is 13.7 Å². The predicted molar refractivity (Wildman–Crippen MR) is 101 cm³/mol. The van der Waals surface area contributed by atoms with Gasteiger partial charge in [-0.15, -0.1) is 0 Å². The number of aryl methyl sites for hydroxylation is 2. The van der Waals surface area contributed by atoms with E-state index < -0.39 is 0 Å². The van der Waals surface area contributed by atoms with Gasteiger partial charge in [-0.3, -0.25) is 9.48 Å². The van der Waals surface area contributed by atoms with Gasteiger partial charge in [0.1, 0.15) is 11.6 Å². The number of nitrogens with zero attached hydrogens (tertiary/aromatic N) is 5. The third kappa shape index (κ3) is 4.28. The van der Waals surface area contributed by atoms with Crippen molar-refractivity contribution in [2.24, 2.45) is 7.05 Å². The maximum atomic E-state index is 12.9. The van der Waals surface area contributed by atoms with Crippen LogP contribution in [-0.4, -0.2) is 43.8 Å². The van der Waals surface area contributed by atoms with E-state index in [2.05, 4.69) is 15.2 Å². The zero-order valence-electron chi connectivity index (χ0n) is 16.3. The maximum absolute atomic E-state index is 12.9. The molecule has 2 aromatic heterocycles. The summed E-state index contributed by atoms with van der Waals surface area (Å²) in [6.45, 7) is 3.28. The molecule has 0 atom stereocenters. The molecule has 1 amide bonds. The fraction of sp³-hybridized carbons (Fsp3) is 0.400. The van der Waals surface area contributed by atoms with E-state index in [1.807, 2.05) is 18.9 Å². The van der Waals surface area contributed by atoms with Crippen molar-refractivity contribution in [3.8, 4) is 5.75 Å². The number of ether oxygens (including phenoxy) is 1. The molecule has 0 unspecified atom stereocenters. The van der Waals surface area contributed by atoms with E-state index in [9.17, 15) is 9.18 Å². The molecular formula is C20H22FN5O3. The van der Waals surface area contributed by atoms with Gasteiger partial charge in [0.25, 0.3) is 11.8 Å². The highest BCUT2D eigenvalue weighted by atomic mass is 19.1. The van der Waals surface area contributed by atoms with Gasteiger partial charge in [-0.2, -0.15) is 10.1 Å². The van der Waals surface area contributed by atoms with Gasteiger partial charge in [0.2, 0.25) is 0 Å². The Kier molecular flexibility index (Phi) is 5.28. The van der Waals surface area contributed by atoms with Crippen LogP contribution in [0.15, 0.2) is 34.9 Å². The van der Waals surface area contributed by atoms with Crippen LogP contribution < -0.4 is 4.74 Å². The molecule has 1 aliphatic rings. The fourth-order valence-corrected chi connectivity index (χ4v) is 3.34. The van der Waals surface area contributed by atoms with E-state index in [1.165, 1.54) is 12.1 Å². The number of benzene rings is 1. The molecule has 9 heteroatoms. The number of carbonyl (C=O) groups is 1. The molecule has 3 aromatic rings. The van der Waals surface area contributed by atoms with Crippen molar-refractivity contribution in [3.63, 3.8) is 0 Å².